The average molecular weight is 365 g/mol. The van der Waals surface area contributed by atoms with Crippen LogP contribution in [0.4, 0.5) is 24.5 Å². The molecule has 0 bridgehead atoms. The van der Waals surface area contributed by atoms with Crippen molar-refractivity contribution in [2.45, 2.75) is 19.2 Å². The van der Waals surface area contributed by atoms with Crippen molar-refractivity contribution >= 4 is 11.4 Å². The largest absolute Gasteiger partial charge is 0.416 e. The lowest BCUT2D eigenvalue weighted by Crippen LogP contribution is -2.18. The number of hydrogen-bond acceptors (Lipinski definition) is 5. The van der Waals surface area contributed by atoms with Crippen molar-refractivity contribution in [3.05, 3.63) is 68.8 Å². The van der Waals surface area contributed by atoms with Crippen LogP contribution in [0.1, 0.15) is 28.4 Å². The Hall–Kier alpha value is -3.12. The molecule has 136 valence electrons. The van der Waals surface area contributed by atoms with Crippen LogP contribution in [0.5, 0.6) is 0 Å². The Bertz CT molecular complexity index is 876. The van der Waals surface area contributed by atoms with Crippen LogP contribution < -0.4 is 5.32 Å². The monoisotopic (exact) mass is 365 g/mol. The summed E-state index contributed by atoms with van der Waals surface area (Å²) in [6.07, 6.45) is -6.12. The van der Waals surface area contributed by atoms with Gasteiger partial charge in [0.2, 0.25) is 0 Å². The third-order valence-corrected chi connectivity index (χ3v) is 3.82. The van der Waals surface area contributed by atoms with Crippen molar-refractivity contribution in [2.24, 2.45) is 0 Å². The first-order chi connectivity index (χ1) is 12.1. The maximum atomic E-state index is 13.0. The molecule has 6 nitrogen and oxygen atoms in total. The molecule has 2 N–H and O–H groups in total. The molecule has 0 saturated heterocycles. The van der Waals surface area contributed by atoms with Gasteiger partial charge >= 0.3 is 6.18 Å². The number of nitrogens with one attached hydrogen (secondary N) is 1. The Balaban J connectivity index is 2.29. The number of alkyl halides is 3. The first-order valence-corrected chi connectivity index (χ1v) is 7.42. The van der Waals surface area contributed by atoms with E-state index in [1.54, 1.807) is 6.07 Å². The molecule has 0 aliphatic carbocycles. The van der Waals surface area contributed by atoms with Gasteiger partial charge in [-0.2, -0.15) is 18.4 Å². The van der Waals surface area contributed by atoms with E-state index in [0.717, 1.165) is 18.2 Å². The highest BCUT2D eigenvalue weighted by molar-refractivity contribution is 5.64. The molecule has 2 aromatic carbocycles. The molecule has 0 saturated carbocycles. The zero-order valence-corrected chi connectivity index (χ0v) is 13.5. The number of hydrogen-bond donors (Lipinski definition) is 2. The van der Waals surface area contributed by atoms with Crippen molar-refractivity contribution < 1.29 is 23.2 Å². The number of nitrogens with zero attached hydrogens (tertiary/aromatic N) is 2. The summed E-state index contributed by atoms with van der Waals surface area (Å²) in [5.41, 5.74) is -1.13. The van der Waals surface area contributed by atoms with Gasteiger partial charge in [0.15, 0.2) is 0 Å². The number of aliphatic hydroxyl groups excluding tert-OH is 1. The fourth-order valence-corrected chi connectivity index (χ4v) is 2.50. The Morgan fingerprint density at radius 1 is 1.35 bits per heavy atom. The molecule has 0 heterocycles. The number of benzene rings is 2. The van der Waals surface area contributed by atoms with Crippen molar-refractivity contribution in [1.82, 2.24) is 0 Å². The van der Waals surface area contributed by atoms with Crippen LogP contribution in [0, 0.1) is 28.4 Å². The third kappa shape index (κ3) is 4.10. The van der Waals surface area contributed by atoms with E-state index >= 15 is 0 Å². The van der Waals surface area contributed by atoms with Gasteiger partial charge in [0.05, 0.1) is 28.2 Å². The molecule has 9 heteroatoms. The summed E-state index contributed by atoms with van der Waals surface area (Å²) in [7, 11) is 0. The van der Waals surface area contributed by atoms with E-state index in [4.69, 9.17) is 5.26 Å². The summed E-state index contributed by atoms with van der Waals surface area (Å²) >= 11 is 0. The molecule has 0 aliphatic rings. The number of rotatable bonds is 5. The molecular formula is C17H14F3N3O3. The van der Waals surface area contributed by atoms with Crippen LogP contribution in [-0.2, 0) is 6.18 Å². The molecule has 2 aromatic rings. The highest BCUT2D eigenvalue weighted by atomic mass is 19.4. The Labute approximate surface area is 146 Å². The van der Waals surface area contributed by atoms with Gasteiger partial charge in [-0.25, -0.2) is 0 Å². The van der Waals surface area contributed by atoms with Gasteiger partial charge in [0, 0.05) is 23.9 Å². The zero-order valence-electron chi connectivity index (χ0n) is 13.5. The molecule has 0 aliphatic heterocycles. The predicted molar refractivity (Wildman–Crippen MR) is 87.4 cm³/mol. The highest BCUT2D eigenvalue weighted by Crippen LogP contribution is 2.35. The van der Waals surface area contributed by atoms with E-state index in [-0.39, 0.29) is 34.6 Å². The predicted octanol–water partition coefficient (Wildman–Crippen LogP) is 3.94. The van der Waals surface area contributed by atoms with Gasteiger partial charge in [-0.05, 0) is 24.6 Å². The van der Waals surface area contributed by atoms with Crippen molar-refractivity contribution in [3.63, 3.8) is 0 Å². The number of anilines is 1. The summed E-state index contributed by atoms with van der Waals surface area (Å²) in [6.45, 7) is 1.12. The van der Waals surface area contributed by atoms with Crippen LogP contribution >= 0.6 is 0 Å². The van der Waals surface area contributed by atoms with Gasteiger partial charge in [-0.1, -0.05) is 18.2 Å². The van der Waals surface area contributed by atoms with E-state index in [9.17, 15) is 28.4 Å². The number of nitro benzene ring substituents is 1. The van der Waals surface area contributed by atoms with Gasteiger partial charge in [0.25, 0.3) is 5.69 Å². The van der Waals surface area contributed by atoms with Crippen LogP contribution in [0.25, 0.3) is 0 Å². The second-order valence-corrected chi connectivity index (χ2v) is 5.52. The minimum absolute atomic E-state index is 0.0231. The first kappa shape index (κ1) is 19.2. The lowest BCUT2D eigenvalue weighted by atomic mass is 10.0. The quantitative estimate of drug-likeness (QED) is 0.618. The van der Waals surface area contributed by atoms with Crippen LogP contribution in [0.15, 0.2) is 36.4 Å². The van der Waals surface area contributed by atoms with E-state index in [0.29, 0.717) is 0 Å². The fraction of sp³-hybridized carbons (Fsp3) is 0.235. The molecule has 0 amide bonds. The van der Waals surface area contributed by atoms with E-state index in [2.05, 4.69) is 5.32 Å². The minimum Gasteiger partial charge on any atom is -0.387 e. The van der Waals surface area contributed by atoms with Gasteiger partial charge < -0.3 is 10.4 Å². The van der Waals surface area contributed by atoms with E-state index in [1.165, 1.54) is 25.1 Å². The number of nitriles is 1. The minimum atomic E-state index is -4.62. The van der Waals surface area contributed by atoms with Crippen LogP contribution in [0.3, 0.4) is 0 Å². The smallest absolute Gasteiger partial charge is 0.387 e. The van der Waals surface area contributed by atoms with E-state index < -0.39 is 22.8 Å². The van der Waals surface area contributed by atoms with Gasteiger partial charge in [-0.15, -0.1) is 0 Å². The molecule has 2 rings (SSSR count). The molecule has 1 atom stereocenters. The van der Waals surface area contributed by atoms with Crippen molar-refractivity contribution in [1.29, 1.82) is 5.26 Å². The number of nitro groups is 1. The topological polar surface area (TPSA) is 99.2 Å². The molecule has 0 aromatic heterocycles. The van der Waals surface area contributed by atoms with Crippen LogP contribution in [0.2, 0.25) is 0 Å². The normalized spacial score (nSPS) is 12.3. The van der Waals surface area contributed by atoms with Crippen molar-refractivity contribution in [3.8, 4) is 6.07 Å². The summed E-state index contributed by atoms with van der Waals surface area (Å²) < 4.78 is 39.1. The lowest BCUT2D eigenvalue weighted by molar-refractivity contribution is -0.385. The number of aliphatic hydroxyl groups is 1. The first-order valence-electron chi connectivity index (χ1n) is 7.42. The van der Waals surface area contributed by atoms with Gasteiger partial charge in [-0.3, -0.25) is 10.1 Å². The van der Waals surface area contributed by atoms with Crippen LogP contribution in [-0.4, -0.2) is 16.6 Å². The summed E-state index contributed by atoms with van der Waals surface area (Å²) in [5, 5.41) is 32.9. The maximum absolute atomic E-state index is 13.0. The maximum Gasteiger partial charge on any atom is 0.416 e. The molecule has 0 radical (unpaired) electrons. The summed E-state index contributed by atoms with van der Waals surface area (Å²) in [5.74, 6) is 0. The van der Waals surface area contributed by atoms with Gasteiger partial charge in [0.1, 0.15) is 0 Å². The second kappa shape index (κ2) is 7.41. The molecule has 0 fully saturated rings. The molecule has 0 spiro atoms. The average Bonchev–Trinajstić information content (AvgIpc) is 2.59. The summed E-state index contributed by atoms with van der Waals surface area (Å²) in [6, 6.07) is 8.85. The second-order valence-electron chi connectivity index (χ2n) is 5.52. The Kier molecular flexibility index (Phi) is 5.47. The Morgan fingerprint density at radius 3 is 2.58 bits per heavy atom. The van der Waals surface area contributed by atoms with E-state index in [1.807, 2.05) is 0 Å². The number of halogens is 3. The standard InChI is InChI=1S/C17H14F3N3O3/c1-10-14(6-11(8-21)7-15(10)23(25)26)22-9-16(24)12-4-2-3-5-13(12)17(18,19)20/h2-7,16,22,24H,9H2,1H3/t16-/m0/s1. The molecule has 0 unspecified atom stereocenters. The third-order valence-electron chi connectivity index (χ3n) is 3.82. The van der Waals surface area contributed by atoms with Crippen molar-refractivity contribution in [2.75, 3.05) is 11.9 Å². The molecule has 26 heavy (non-hydrogen) atoms. The summed E-state index contributed by atoms with van der Waals surface area (Å²) in [4.78, 5) is 10.4. The SMILES string of the molecule is Cc1c(NC[C@H](O)c2ccccc2C(F)(F)F)cc(C#N)cc1[N+](=O)[O-]. The fourth-order valence-electron chi connectivity index (χ4n) is 2.50. The zero-order chi connectivity index (χ0) is 19.5. The molecular weight excluding hydrogens is 351 g/mol. The lowest BCUT2D eigenvalue weighted by Gasteiger charge is -2.19. The Morgan fingerprint density at radius 2 is 2.00 bits per heavy atom. The highest BCUT2D eigenvalue weighted by Gasteiger charge is 2.34.